The summed E-state index contributed by atoms with van der Waals surface area (Å²) >= 11 is 1.69. The molecule has 1 fully saturated rings. The maximum atomic E-state index is 5.49. The summed E-state index contributed by atoms with van der Waals surface area (Å²) in [5, 5.41) is 3.14. The highest BCUT2D eigenvalue weighted by Crippen LogP contribution is 2.47. The van der Waals surface area contributed by atoms with E-state index in [1.54, 1.807) is 11.3 Å². The SMILES string of the molecule is CC1CC1c1nc(N)cs1. The van der Waals surface area contributed by atoms with Gasteiger partial charge in [-0.05, 0) is 12.3 Å². The molecule has 2 rings (SSSR count). The predicted octanol–water partition coefficient (Wildman–Crippen LogP) is 1.85. The molecule has 2 N–H and O–H groups in total. The largest absolute Gasteiger partial charge is 0.383 e. The first-order valence-electron chi connectivity index (χ1n) is 3.48. The highest BCUT2D eigenvalue weighted by atomic mass is 32.1. The third-order valence-corrected chi connectivity index (χ3v) is 2.96. The first-order valence-corrected chi connectivity index (χ1v) is 4.36. The zero-order valence-corrected chi connectivity index (χ0v) is 6.69. The lowest BCUT2D eigenvalue weighted by molar-refractivity contribution is 0.907. The number of nitrogens with two attached hydrogens (primary N) is 1. The van der Waals surface area contributed by atoms with Crippen LogP contribution in [0, 0.1) is 5.92 Å². The van der Waals surface area contributed by atoms with E-state index in [-0.39, 0.29) is 0 Å². The number of aromatic nitrogens is 1. The van der Waals surface area contributed by atoms with Crippen LogP contribution in [0.5, 0.6) is 0 Å². The summed E-state index contributed by atoms with van der Waals surface area (Å²) in [6.45, 7) is 2.25. The monoisotopic (exact) mass is 154 g/mol. The van der Waals surface area contributed by atoms with E-state index in [0.29, 0.717) is 5.82 Å². The van der Waals surface area contributed by atoms with E-state index in [9.17, 15) is 0 Å². The number of thiazole rings is 1. The minimum atomic E-state index is 0.680. The van der Waals surface area contributed by atoms with Crippen LogP contribution in [0.25, 0.3) is 0 Å². The van der Waals surface area contributed by atoms with Gasteiger partial charge in [-0.25, -0.2) is 4.98 Å². The molecule has 0 radical (unpaired) electrons. The maximum Gasteiger partial charge on any atom is 0.134 e. The van der Waals surface area contributed by atoms with Crippen molar-refractivity contribution in [1.82, 2.24) is 4.98 Å². The van der Waals surface area contributed by atoms with Crippen LogP contribution in [-0.2, 0) is 0 Å². The Morgan fingerprint density at radius 1 is 1.80 bits per heavy atom. The molecular formula is C7H10N2S. The summed E-state index contributed by atoms with van der Waals surface area (Å²) in [5.74, 6) is 2.24. The lowest BCUT2D eigenvalue weighted by atomic mass is 10.4. The molecule has 3 heteroatoms. The van der Waals surface area contributed by atoms with Crippen molar-refractivity contribution in [3.63, 3.8) is 0 Å². The fourth-order valence-electron chi connectivity index (χ4n) is 1.14. The highest BCUT2D eigenvalue weighted by Gasteiger charge is 2.36. The lowest BCUT2D eigenvalue weighted by Gasteiger charge is -1.85. The van der Waals surface area contributed by atoms with Gasteiger partial charge < -0.3 is 5.73 Å². The fourth-order valence-corrected chi connectivity index (χ4v) is 2.09. The van der Waals surface area contributed by atoms with Gasteiger partial charge in [0.25, 0.3) is 0 Å². The molecule has 0 bridgehead atoms. The van der Waals surface area contributed by atoms with Gasteiger partial charge in [0.1, 0.15) is 5.82 Å². The lowest BCUT2D eigenvalue weighted by Crippen LogP contribution is -1.84. The quantitative estimate of drug-likeness (QED) is 0.670. The number of nitrogen functional groups attached to an aromatic ring is 1. The van der Waals surface area contributed by atoms with Crippen molar-refractivity contribution >= 4 is 17.2 Å². The number of anilines is 1. The average molecular weight is 154 g/mol. The van der Waals surface area contributed by atoms with E-state index in [1.165, 1.54) is 11.4 Å². The van der Waals surface area contributed by atoms with Gasteiger partial charge in [-0.15, -0.1) is 11.3 Å². The van der Waals surface area contributed by atoms with E-state index in [1.807, 2.05) is 5.38 Å². The first-order chi connectivity index (χ1) is 4.77. The van der Waals surface area contributed by atoms with E-state index < -0.39 is 0 Å². The molecule has 2 nitrogen and oxygen atoms in total. The van der Waals surface area contributed by atoms with Crippen LogP contribution in [-0.4, -0.2) is 4.98 Å². The smallest absolute Gasteiger partial charge is 0.134 e. The molecule has 1 aliphatic rings. The molecule has 0 amide bonds. The zero-order chi connectivity index (χ0) is 7.14. The van der Waals surface area contributed by atoms with Crippen LogP contribution in [0.15, 0.2) is 5.38 Å². The molecule has 1 aliphatic carbocycles. The molecular weight excluding hydrogens is 144 g/mol. The Labute approximate surface area is 64.1 Å². The standard InChI is InChI=1S/C7H10N2S/c1-4-2-5(4)7-9-6(8)3-10-7/h3-5H,2,8H2,1H3. The van der Waals surface area contributed by atoms with Gasteiger partial charge in [-0.1, -0.05) is 6.92 Å². The molecule has 10 heavy (non-hydrogen) atoms. The second kappa shape index (κ2) is 1.95. The molecule has 1 aromatic rings. The van der Waals surface area contributed by atoms with E-state index in [2.05, 4.69) is 11.9 Å². The van der Waals surface area contributed by atoms with Gasteiger partial charge in [-0.3, -0.25) is 0 Å². The van der Waals surface area contributed by atoms with Gasteiger partial charge in [-0.2, -0.15) is 0 Å². The van der Waals surface area contributed by atoms with Gasteiger partial charge in [0, 0.05) is 11.3 Å². The summed E-state index contributed by atoms with van der Waals surface area (Å²) in [6.07, 6.45) is 1.30. The third kappa shape index (κ3) is 0.904. The van der Waals surface area contributed by atoms with E-state index >= 15 is 0 Å². The average Bonchev–Trinajstić information content (AvgIpc) is 2.42. The minimum Gasteiger partial charge on any atom is -0.383 e. The van der Waals surface area contributed by atoms with Gasteiger partial charge in [0.2, 0.25) is 0 Å². The molecule has 0 aliphatic heterocycles. The minimum absolute atomic E-state index is 0.680. The first kappa shape index (κ1) is 6.16. The summed E-state index contributed by atoms with van der Waals surface area (Å²) in [7, 11) is 0. The Morgan fingerprint density at radius 3 is 2.90 bits per heavy atom. The molecule has 0 saturated heterocycles. The number of nitrogens with zero attached hydrogens (tertiary/aromatic N) is 1. The molecule has 0 spiro atoms. The van der Waals surface area contributed by atoms with Crippen molar-refractivity contribution < 1.29 is 0 Å². The van der Waals surface area contributed by atoms with Gasteiger partial charge in [0.15, 0.2) is 0 Å². The molecule has 54 valence electrons. The number of hydrogen-bond acceptors (Lipinski definition) is 3. The number of hydrogen-bond donors (Lipinski definition) is 1. The van der Waals surface area contributed by atoms with Gasteiger partial charge in [0.05, 0.1) is 5.01 Å². The van der Waals surface area contributed by atoms with E-state index in [0.717, 1.165) is 11.8 Å². The van der Waals surface area contributed by atoms with Crippen LogP contribution >= 0.6 is 11.3 Å². The highest BCUT2D eigenvalue weighted by molar-refractivity contribution is 7.10. The van der Waals surface area contributed by atoms with Gasteiger partial charge >= 0.3 is 0 Å². The Hall–Kier alpha value is -0.570. The Morgan fingerprint density at radius 2 is 2.50 bits per heavy atom. The molecule has 1 heterocycles. The summed E-state index contributed by atoms with van der Waals surface area (Å²) in [4.78, 5) is 4.22. The van der Waals surface area contributed by atoms with Crippen molar-refractivity contribution in [1.29, 1.82) is 0 Å². The van der Waals surface area contributed by atoms with Crippen molar-refractivity contribution in [2.75, 3.05) is 5.73 Å². The van der Waals surface area contributed by atoms with Crippen molar-refractivity contribution in [2.45, 2.75) is 19.3 Å². The zero-order valence-electron chi connectivity index (χ0n) is 5.87. The predicted molar refractivity (Wildman–Crippen MR) is 43.0 cm³/mol. The van der Waals surface area contributed by atoms with Crippen LogP contribution in [0.2, 0.25) is 0 Å². The Balaban J connectivity index is 2.20. The third-order valence-electron chi connectivity index (χ3n) is 1.97. The Bertz CT molecular complexity index is 244. The maximum absolute atomic E-state index is 5.49. The molecule has 1 aromatic heterocycles. The van der Waals surface area contributed by atoms with Crippen LogP contribution in [0.1, 0.15) is 24.3 Å². The molecule has 2 unspecified atom stereocenters. The Kier molecular flexibility index (Phi) is 1.20. The second-order valence-corrected chi connectivity index (χ2v) is 3.82. The van der Waals surface area contributed by atoms with Crippen LogP contribution in [0.3, 0.4) is 0 Å². The summed E-state index contributed by atoms with van der Waals surface area (Å²) in [6, 6.07) is 0. The second-order valence-electron chi connectivity index (χ2n) is 2.93. The normalized spacial score (nSPS) is 30.5. The van der Waals surface area contributed by atoms with Crippen molar-refractivity contribution in [2.24, 2.45) is 5.92 Å². The van der Waals surface area contributed by atoms with Crippen LogP contribution in [0.4, 0.5) is 5.82 Å². The summed E-state index contributed by atoms with van der Waals surface area (Å²) < 4.78 is 0. The molecule has 2 atom stereocenters. The number of rotatable bonds is 1. The van der Waals surface area contributed by atoms with Crippen LogP contribution < -0.4 is 5.73 Å². The topological polar surface area (TPSA) is 38.9 Å². The fraction of sp³-hybridized carbons (Fsp3) is 0.571. The summed E-state index contributed by atoms with van der Waals surface area (Å²) in [5.41, 5.74) is 5.49. The molecule has 0 aromatic carbocycles. The molecule has 1 saturated carbocycles. The van der Waals surface area contributed by atoms with Crippen molar-refractivity contribution in [3.8, 4) is 0 Å². The van der Waals surface area contributed by atoms with Crippen molar-refractivity contribution in [3.05, 3.63) is 10.4 Å². The van der Waals surface area contributed by atoms with E-state index in [4.69, 9.17) is 5.73 Å².